The molecule has 0 aromatic heterocycles. The Morgan fingerprint density at radius 3 is 1.86 bits per heavy atom. The minimum atomic E-state index is -0.415. The van der Waals surface area contributed by atoms with Crippen LogP contribution >= 0.6 is 23.9 Å². The van der Waals surface area contributed by atoms with Gasteiger partial charge in [0.05, 0.1) is 0 Å². The van der Waals surface area contributed by atoms with Gasteiger partial charge in [-0.1, -0.05) is 95.7 Å². The van der Waals surface area contributed by atoms with Gasteiger partial charge in [0.25, 0.3) is 0 Å². The van der Waals surface area contributed by atoms with Crippen molar-refractivity contribution in [2.24, 2.45) is 0 Å². The molecule has 1 aliphatic carbocycles. The van der Waals surface area contributed by atoms with Gasteiger partial charge in [0.1, 0.15) is 0 Å². The number of hydrogen-bond donors (Lipinski definition) is 0. The highest BCUT2D eigenvalue weighted by Gasteiger charge is 2.28. The van der Waals surface area contributed by atoms with Crippen molar-refractivity contribution in [2.45, 2.75) is 19.0 Å². The molecule has 0 N–H and O–H groups in total. The predicted molar refractivity (Wildman–Crippen MR) is 98.2 cm³/mol. The minimum Gasteiger partial charge on any atom is -0.0713 e. The van der Waals surface area contributed by atoms with Gasteiger partial charge in [0, 0.05) is 10.1 Å². The maximum atomic E-state index is 3.86. The van der Waals surface area contributed by atoms with Crippen LogP contribution in [-0.4, -0.2) is 5.66 Å². The SMILES string of the molecule is CCC1=C(Br)C(P(c2ccccc2)c2ccccc2)C=C1. The highest BCUT2D eigenvalue weighted by Crippen LogP contribution is 2.49. The lowest BCUT2D eigenvalue weighted by Gasteiger charge is -2.25. The van der Waals surface area contributed by atoms with Crippen LogP contribution in [0.15, 0.2) is 82.9 Å². The van der Waals surface area contributed by atoms with Crippen LogP contribution in [0.25, 0.3) is 0 Å². The Kier molecular flexibility index (Phi) is 4.73. The second-order valence-corrected chi connectivity index (χ2v) is 8.26. The van der Waals surface area contributed by atoms with E-state index in [1.807, 2.05) is 0 Å². The molecule has 3 rings (SSSR count). The molecule has 0 radical (unpaired) electrons. The molecule has 21 heavy (non-hydrogen) atoms. The fraction of sp³-hybridized carbons (Fsp3) is 0.158. The Morgan fingerprint density at radius 1 is 0.905 bits per heavy atom. The molecule has 0 aliphatic heterocycles. The van der Waals surface area contributed by atoms with Crippen LogP contribution in [0.4, 0.5) is 0 Å². The normalized spacial score (nSPS) is 17.8. The zero-order chi connectivity index (χ0) is 14.7. The molecule has 0 saturated carbocycles. The summed E-state index contributed by atoms with van der Waals surface area (Å²) in [7, 11) is -0.415. The van der Waals surface area contributed by atoms with Gasteiger partial charge in [-0.3, -0.25) is 0 Å². The van der Waals surface area contributed by atoms with Gasteiger partial charge < -0.3 is 0 Å². The van der Waals surface area contributed by atoms with Crippen molar-refractivity contribution in [3.63, 3.8) is 0 Å². The first-order valence-corrected chi connectivity index (χ1v) is 9.47. The van der Waals surface area contributed by atoms with Gasteiger partial charge >= 0.3 is 0 Å². The summed E-state index contributed by atoms with van der Waals surface area (Å²) < 4.78 is 1.36. The second-order valence-electron chi connectivity index (χ2n) is 5.07. The zero-order valence-corrected chi connectivity index (χ0v) is 14.5. The summed E-state index contributed by atoms with van der Waals surface area (Å²) in [6, 6.07) is 21.8. The minimum absolute atomic E-state index is 0.415. The van der Waals surface area contributed by atoms with Crippen LogP contribution in [0.3, 0.4) is 0 Å². The van der Waals surface area contributed by atoms with Gasteiger partial charge in [-0.25, -0.2) is 0 Å². The van der Waals surface area contributed by atoms with Crippen molar-refractivity contribution in [1.82, 2.24) is 0 Å². The van der Waals surface area contributed by atoms with E-state index < -0.39 is 7.92 Å². The van der Waals surface area contributed by atoms with Gasteiger partial charge in [0.15, 0.2) is 0 Å². The van der Waals surface area contributed by atoms with Crippen LogP contribution in [0.1, 0.15) is 13.3 Å². The highest BCUT2D eigenvalue weighted by atomic mass is 79.9. The number of hydrogen-bond acceptors (Lipinski definition) is 0. The Hall–Kier alpha value is -1.17. The molecule has 1 unspecified atom stereocenters. The number of rotatable bonds is 4. The van der Waals surface area contributed by atoms with Crippen molar-refractivity contribution in [3.8, 4) is 0 Å². The van der Waals surface area contributed by atoms with E-state index in [1.165, 1.54) is 20.7 Å². The molecule has 106 valence electrons. The zero-order valence-electron chi connectivity index (χ0n) is 12.0. The molecule has 0 heterocycles. The molecule has 0 saturated heterocycles. The van der Waals surface area contributed by atoms with E-state index >= 15 is 0 Å². The maximum Gasteiger partial charge on any atom is 0.0373 e. The fourth-order valence-corrected chi connectivity index (χ4v) is 6.45. The molecular formula is C19H18BrP. The van der Waals surface area contributed by atoms with E-state index in [4.69, 9.17) is 0 Å². The van der Waals surface area contributed by atoms with E-state index in [2.05, 4.69) is 95.7 Å². The Morgan fingerprint density at radius 2 is 1.43 bits per heavy atom. The van der Waals surface area contributed by atoms with Crippen molar-refractivity contribution < 1.29 is 0 Å². The van der Waals surface area contributed by atoms with Crippen molar-refractivity contribution in [3.05, 3.63) is 82.9 Å². The molecule has 1 atom stereocenters. The van der Waals surface area contributed by atoms with E-state index in [0.29, 0.717) is 5.66 Å². The fourth-order valence-electron chi connectivity index (χ4n) is 2.69. The summed E-state index contributed by atoms with van der Waals surface area (Å²) in [5.41, 5.74) is 1.89. The summed E-state index contributed by atoms with van der Waals surface area (Å²) in [6.07, 6.45) is 5.74. The van der Waals surface area contributed by atoms with Gasteiger partial charge in [-0.2, -0.15) is 0 Å². The molecular weight excluding hydrogens is 339 g/mol. The monoisotopic (exact) mass is 356 g/mol. The second kappa shape index (κ2) is 6.73. The molecule has 0 bridgehead atoms. The highest BCUT2D eigenvalue weighted by molar-refractivity contribution is 9.11. The van der Waals surface area contributed by atoms with E-state index in [-0.39, 0.29) is 0 Å². The average Bonchev–Trinajstić information content (AvgIpc) is 2.91. The summed E-state index contributed by atoms with van der Waals surface area (Å²) in [5, 5.41) is 2.87. The van der Waals surface area contributed by atoms with Crippen molar-refractivity contribution in [1.29, 1.82) is 0 Å². The van der Waals surface area contributed by atoms with Crippen LogP contribution in [0.2, 0.25) is 0 Å². The van der Waals surface area contributed by atoms with Crippen molar-refractivity contribution >= 4 is 34.5 Å². The number of allylic oxidation sites excluding steroid dienone is 4. The third-order valence-corrected chi connectivity index (χ3v) is 7.83. The average molecular weight is 357 g/mol. The van der Waals surface area contributed by atoms with Crippen LogP contribution in [0.5, 0.6) is 0 Å². The van der Waals surface area contributed by atoms with E-state index in [1.54, 1.807) is 0 Å². The van der Waals surface area contributed by atoms with Gasteiger partial charge in [0.2, 0.25) is 0 Å². The number of benzene rings is 2. The molecule has 1 aliphatic rings. The molecule has 0 spiro atoms. The lowest BCUT2D eigenvalue weighted by molar-refractivity contribution is 1.15. The van der Waals surface area contributed by atoms with Crippen LogP contribution in [0, 0.1) is 0 Å². The molecule has 2 heteroatoms. The topological polar surface area (TPSA) is 0 Å². The lowest BCUT2D eigenvalue weighted by atomic mass is 10.2. The Labute approximate surface area is 136 Å². The molecule has 2 aromatic carbocycles. The van der Waals surface area contributed by atoms with Crippen molar-refractivity contribution in [2.75, 3.05) is 0 Å². The van der Waals surface area contributed by atoms with E-state index in [9.17, 15) is 0 Å². The van der Waals surface area contributed by atoms with Crippen LogP contribution in [-0.2, 0) is 0 Å². The quantitative estimate of drug-likeness (QED) is 0.667. The smallest absolute Gasteiger partial charge is 0.0373 e. The summed E-state index contributed by atoms with van der Waals surface area (Å²) >= 11 is 3.86. The van der Waals surface area contributed by atoms with Crippen LogP contribution < -0.4 is 10.6 Å². The first-order chi connectivity index (χ1) is 10.3. The predicted octanol–water partition coefficient (Wildman–Crippen LogP) is 5.12. The Balaban J connectivity index is 2.07. The molecule has 0 nitrogen and oxygen atoms in total. The van der Waals surface area contributed by atoms with E-state index in [0.717, 1.165) is 6.42 Å². The molecule has 0 amide bonds. The Bertz CT molecular complexity index is 619. The third-order valence-electron chi connectivity index (χ3n) is 3.77. The maximum absolute atomic E-state index is 3.86. The first kappa shape index (κ1) is 14.8. The summed E-state index contributed by atoms with van der Waals surface area (Å²) in [6.45, 7) is 2.22. The number of halogens is 1. The molecule has 2 aromatic rings. The lowest BCUT2D eigenvalue weighted by Crippen LogP contribution is -2.19. The van der Waals surface area contributed by atoms with Gasteiger partial charge in [-0.15, -0.1) is 0 Å². The van der Waals surface area contributed by atoms with Gasteiger partial charge in [-0.05, 0) is 30.5 Å². The third kappa shape index (κ3) is 3.05. The molecule has 0 fully saturated rings. The largest absolute Gasteiger partial charge is 0.0713 e. The summed E-state index contributed by atoms with van der Waals surface area (Å²) in [5.74, 6) is 0. The first-order valence-electron chi connectivity index (χ1n) is 7.27. The standard InChI is InChI=1S/C19H18BrP/c1-2-15-13-14-18(19(15)20)21(16-9-5-3-6-10-16)17-11-7-4-8-12-17/h3-14,18H,2H2,1H3. The summed E-state index contributed by atoms with van der Waals surface area (Å²) in [4.78, 5) is 0.